The highest BCUT2D eigenvalue weighted by atomic mass is 16.5. The van der Waals surface area contributed by atoms with Crippen molar-refractivity contribution in [1.82, 2.24) is 4.90 Å². The van der Waals surface area contributed by atoms with Gasteiger partial charge in [0, 0.05) is 19.4 Å². The van der Waals surface area contributed by atoms with E-state index in [0.717, 1.165) is 51.1 Å². The Labute approximate surface area is 319 Å². The highest BCUT2D eigenvalue weighted by Gasteiger charge is 2.12. The van der Waals surface area contributed by atoms with Crippen LogP contribution < -0.4 is 0 Å². The van der Waals surface area contributed by atoms with Gasteiger partial charge in [0.25, 0.3) is 0 Å². The second kappa shape index (κ2) is 40.1. The van der Waals surface area contributed by atoms with Crippen molar-refractivity contribution in [1.29, 1.82) is 0 Å². The molecule has 0 aliphatic rings. The van der Waals surface area contributed by atoms with Crippen LogP contribution in [-0.2, 0) is 14.3 Å². The highest BCUT2D eigenvalue weighted by Crippen LogP contribution is 2.21. The number of aliphatic hydroxyl groups is 1. The fraction of sp³-hybridized carbons (Fsp3) is 0.935. The lowest BCUT2D eigenvalue weighted by atomic mass is 10.0. The number of allylic oxidation sites excluding steroid dienone is 1. The van der Waals surface area contributed by atoms with Gasteiger partial charge in [-0.25, -0.2) is 0 Å². The molecular weight excluding hydrogens is 631 g/mol. The normalized spacial score (nSPS) is 12.2. The van der Waals surface area contributed by atoms with E-state index in [1.54, 1.807) is 0 Å². The van der Waals surface area contributed by atoms with Crippen LogP contribution in [-0.4, -0.2) is 54.9 Å². The summed E-state index contributed by atoms with van der Waals surface area (Å²) in [6.07, 6.45) is 39.8. The molecule has 0 aromatic carbocycles. The number of hydrogen-bond donors (Lipinski definition) is 1. The Bertz CT molecular complexity index is 712. The lowest BCUT2D eigenvalue weighted by Crippen LogP contribution is -2.29. The first-order valence-corrected chi connectivity index (χ1v) is 22.8. The fourth-order valence-corrected chi connectivity index (χ4v) is 7.15. The van der Waals surface area contributed by atoms with Gasteiger partial charge in [0.05, 0.1) is 25.1 Å². The van der Waals surface area contributed by atoms with Gasteiger partial charge in [-0.15, -0.1) is 0 Å². The van der Waals surface area contributed by atoms with Crippen LogP contribution >= 0.6 is 0 Å². The Morgan fingerprint density at radius 3 is 1.45 bits per heavy atom. The zero-order valence-electron chi connectivity index (χ0n) is 35.1. The van der Waals surface area contributed by atoms with Gasteiger partial charge in [-0.2, -0.15) is 0 Å². The SMILES string of the molecule is C=C(CCCCCCCN(CCO)CCCCCCCC(=O)OCC(C)CCCCCCC)OC(CCCCCCCC)CCCCCCCC. The van der Waals surface area contributed by atoms with Crippen LogP contribution in [0.3, 0.4) is 0 Å². The maximum atomic E-state index is 12.1. The van der Waals surface area contributed by atoms with E-state index in [2.05, 4.69) is 39.2 Å². The zero-order chi connectivity index (χ0) is 37.5. The van der Waals surface area contributed by atoms with Gasteiger partial charge < -0.3 is 19.5 Å². The van der Waals surface area contributed by atoms with Crippen molar-refractivity contribution in [3.05, 3.63) is 12.3 Å². The molecule has 0 saturated heterocycles. The molecule has 5 heteroatoms. The minimum atomic E-state index is -0.0218. The summed E-state index contributed by atoms with van der Waals surface area (Å²) < 4.78 is 12.0. The molecular formula is C46H91NO4. The second-order valence-corrected chi connectivity index (χ2v) is 16.0. The molecule has 1 atom stereocenters. The molecule has 0 aliphatic carbocycles. The predicted octanol–water partition coefficient (Wildman–Crippen LogP) is 13.9. The summed E-state index contributed by atoms with van der Waals surface area (Å²) in [6.45, 7) is 17.1. The van der Waals surface area contributed by atoms with E-state index in [1.807, 2.05) is 0 Å². The smallest absolute Gasteiger partial charge is 0.305 e. The highest BCUT2D eigenvalue weighted by molar-refractivity contribution is 5.69. The fourth-order valence-electron chi connectivity index (χ4n) is 7.15. The van der Waals surface area contributed by atoms with E-state index in [9.17, 15) is 9.90 Å². The molecule has 0 spiro atoms. The molecule has 5 nitrogen and oxygen atoms in total. The molecule has 0 fully saturated rings. The van der Waals surface area contributed by atoms with Gasteiger partial charge in [0.1, 0.15) is 0 Å². The second-order valence-electron chi connectivity index (χ2n) is 16.0. The zero-order valence-corrected chi connectivity index (χ0v) is 35.1. The van der Waals surface area contributed by atoms with Crippen molar-refractivity contribution in [3.8, 4) is 0 Å². The number of rotatable bonds is 42. The van der Waals surface area contributed by atoms with Crippen LogP contribution in [0.15, 0.2) is 12.3 Å². The van der Waals surface area contributed by atoms with E-state index in [0.29, 0.717) is 25.0 Å². The summed E-state index contributed by atoms with van der Waals surface area (Å²) in [7, 11) is 0. The number of aliphatic hydroxyl groups excluding tert-OH is 1. The van der Waals surface area contributed by atoms with Gasteiger partial charge in [0.2, 0.25) is 0 Å². The minimum absolute atomic E-state index is 0.0218. The third-order valence-electron chi connectivity index (χ3n) is 10.6. The summed E-state index contributed by atoms with van der Waals surface area (Å²) in [5.41, 5.74) is 0. The molecule has 304 valence electrons. The molecule has 0 aromatic rings. The Hall–Kier alpha value is -1.07. The monoisotopic (exact) mass is 722 g/mol. The minimum Gasteiger partial charge on any atom is -0.495 e. The van der Waals surface area contributed by atoms with Crippen LogP contribution in [0, 0.1) is 5.92 Å². The Morgan fingerprint density at radius 1 is 0.549 bits per heavy atom. The standard InChI is InChI=1S/C46H91NO4/c1-6-9-12-15-21-28-35-45(36-29-22-16-13-10-7-2)51-44(5)34-27-20-17-24-31-38-47(40-41-48)39-32-25-18-23-30-37-46(49)50-42-43(4)33-26-19-14-11-8-3/h43,45,48H,5-42H2,1-4H3. The van der Waals surface area contributed by atoms with E-state index >= 15 is 0 Å². The van der Waals surface area contributed by atoms with Gasteiger partial charge in [-0.3, -0.25) is 4.79 Å². The van der Waals surface area contributed by atoms with Crippen LogP contribution in [0.1, 0.15) is 233 Å². The predicted molar refractivity (Wildman–Crippen MR) is 222 cm³/mol. The third-order valence-corrected chi connectivity index (χ3v) is 10.6. The maximum Gasteiger partial charge on any atom is 0.305 e. The quantitative estimate of drug-likeness (QED) is 0.0386. The molecule has 0 bridgehead atoms. The van der Waals surface area contributed by atoms with E-state index < -0.39 is 0 Å². The van der Waals surface area contributed by atoms with Gasteiger partial charge >= 0.3 is 5.97 Å². The lowest BCUT2D eigenvalue weighted by molar-refractivity contribution is -0.145. The Kier molecular flexibility index (Phi) is 39.3. The number of nitrogens with zero attached hydrogens (tertiary/aromatic N) is 1. The number of carbonyl (C=O) groups excluding carboxylic acids is 1. The summed E-state index contributed by atoms with van der Waals surface area (Å²) in [5, 5.41) is 9.58. The first-order chi connectivity index (χ1) is 25.0. The molecule has 1 N–H and O–H groups in total. The van der Waals surface area contributed by atoms with E-state index in [-0.39, 0.29) is 12.6 Å². The van der Waals surface area contributed by atoms with Crippen molar-refractivity contribution in [2.45, 2.75) is 239 Å². The third kappa shape index (κ3) is 37.1. The number of ether oxygens (including phenoxy) is 2. The van der Waals surface area contributed by atoms with E-state index in [1.165, 1.54) is 173 Å². The topological polar surface area (TPSA) is 59.0 Å². The largest absolute Gasteiger partial charge is 0.495 e. The Morgan fingerprint density at radius 2 is 0.961 bits per heavy atom. The average Bonchev–Trinajstić information content (AvgIpc) is 3.12. The molecule has 0 rings (SSSR count). The summed E-state index contributed by atoms with van der Waals surface area (Å²) in [6, 6.07) is 0. The maximum absolute atomic E-state index is 12.1. The Balaban J connectivity index is 3.98. The van der Waals surface area contributed by atoms with Crippen molar-refractivity contribution < 1.29 is 19.4 Å². The van der Waals surface area contributed by atoms with Crippen LogP contribution in [0.2, 0.25) is 0 Å². The number of unbranched alkanes of at least 4 members (excludes halogenated alkanes) is 22. The number of carbonyl (C=O) groups is 1. The van der Waals surface area contributed by atoms with Crippen LogP contribution in [0.4, 0.5) is 0 Å². The molecule has 51 heavy (non-hydrogen) atoms. The van der Waals surface area contributed by atoms with Crippen LogP contribution in [0.25, 0.3) is 0 Å². The van der Waals surface area contributed by atoms with E-state index in [4.69, 9.17) is 9.47 Å². The molecule has 0 saturated carbocycles. The first-order valence-electron chi connectivity index (χ1n) is 22.8. The van der Waals surface area contributed by atoms with Crippen molar-refractivity contribution in [2.24, 2.45) is 5.92 Å². The number of hydrogen-bond acceptors (Lipinski definition) is 5. The molecule has 0 heterocycles. The van der Waals surface area contributed by atoms with Crippen molar-refractivity contribution in [3.63, 3.8) is 0 Å². The lowest BCUT2D eigenvalue weighted by Gasteiger charge is -2.21. The number of esters is 1. The molecule has 0 aliphatic heterocycles. The first kappa shape index (κ1) is 49.9. The molecule has 0 radical (unpaired) electrons. The van der Waals surface area contributed by atoms with Gasteiger partial charge in [0.15, 0.2) is 0 Å². The van der Waals surface area contributed by atoms with Gasteiger partial charge in [-0.05, 0) is 76.8 Å². The molecule has 0 amide bonds. The van der Waals surface area contributed by atoms with Crippen LogP contribution in [0.5, 0.6) is 0 Å². The van der Waals surface area contributed by atoms with Gasteiger partial charge in [-0.1, -0.05) is 169 Å². The van der Waals surface area contributed by atoms with Crippen molar-refractivity contribution in [2.75, 3.05) is 32.8 Å². The molecule has 0 aromatic heterocycles. The van der Waals surface area contributed by atoms with Crippen molar-refractivity contribution >= 4 is 5.97 Å². The summed E-state index contributed by atoms with van der Waals surface area (Å²) in [5.74, 6) is 1.46. The average molecular weight is 722 g/mol. The molecule has 1 unspecified atom stereocenters. The summed E-state index contributed by atoms with van der Waals surface area (Å²) >= 11 is 0. The summed E-state index contributed by atoms with van der Waals surface area (Å²) in [4.78, 5) is 14.6.